The van der Waals surface area contributed by atoms with Crippen LogP contribution in [0.25, 0.3) is 0 Å². The number of nitrogens with zero attached hydrogens (tertiary/aromatic N) is 2. The van der Waals surface area contributed by atoms with Crippen LogP contribution in [-0.2, 0) is 11.3 Å². The third-order valence-corrected chi connectivity index (χ3v) is 4.56. The second-order valence-electron chi connectivity index (χ2n) is 6.30. The minimum Gasteiger partial charge on any atom is -0.454 e. The normalized spacial score (nSPS) is 17.5. The van der Waals surface area contributed by atoms with Crippen LogP contribution >= 0.6 is 0 Å². The highest BCUT2D eigenvalue weighted by molar-refractivity contribution is 5.76. The first kappa shape index (κ1) is 16.1. The SMILES string of the molecule is CCCCCC(=O)N1CCN(Cc2ccc3c(c2)OCO3)CC1. The highest BCUT2D eigenvalue weighted by Gasteiger charge is 2.21. The molecule has 3 rings (SSSR count). The zero-order chi connectivity index (χ0) is 16.1. The number of amides is 1. The van der Waals surface area contributed by atoms with Gasteiger partial charge in [0.2, 0.25) is 12.7 Å². The Morgan fingerprint density at radius 3 is 2.65 bits per heavy atom. The topological polar surface area (TPSA) is 42.0 Å². The standard InChI is InChI=1S/C18H26N2O3/c1-2-3-4-5-18(21)20-10-8-19(9-11-20)13-15-6-7-16-17(12-15)23-14-22-16/h6-7,12H,2-5,8-11,13-14H2,1H3. The number of unbranched alkanes of at least 4 members (excludes halogenated alkanes) is 2. The molecule has 1 saturated heterocycles. The molecule has 0 radical (unpaired) electrons. The van der Waals surface area contributed by atoms with Crippen LogP contribution in [0.15, 0.2) is 18.2 Å². The summed E-state index contributed by atoms with van der Waals surface area (Å²) in [7, 11) is 0. The molecule has 0 unspecified atom stereocenters. The lowest BCUT2D eigenvalue weighted by Crippen LogP contribution is -2.48. The van der Waals surface area contributed by atoms with Crippen LogP contribution in [0.4, 0.5) is 0 Å². The summed E-state index contributed by atoms with van der Waals surface area (Å²) in [6.07, 6.45) is 4.04. The number of fused-ring (bicyclic) bond motifs is 1. The van der Waals surface area contributed by atoms with Gasteiger partial charge in [-0.15, -0.1) is 0 Å². The van der Waals surface area contributed by atoms with Crippen LogP contribution < -0.4 is 9.47 Å². The van der Waals surface area contributed by atoms with E-state index in [4.69, 9.17) is 9.47 Å². The number of piperazine rings is 1. The monoisotopic (exact) mass is 318 g/mol. The van der Waals surface area contributed by atoms with Crippen molar-refractivity contribution >= 4 is 5.91 Å². The summed E-state index contributed by atoms with van der Waals surface area (Å²) in [5, 5.41) is 0. The number of hydrogen-bond donors (Lipinski definition) is 0. The predicted octanol–water partition coefficient (Wildman–Crippen LogP) is 2.64. The van der Waals surface area contributed by atoms with Gasteiger partial charge < -0.3 is 14.4 Å². The Kier molecular flexibility index (Phi) is 5.39. The van der Waals surface area contributed by atoms with E-state index < -0.39 is 0 Å². The molecule has 5 nitrogen and oxygen atoms in total. The van der Waals surface area contributed by atoms with Crippen LogP contribution in [0.1, 0.15) is 38.2 Å². The molecule has 5 heteroatoms. The summed E-state index contributed by atoms with van der Waals surface area (Å²) in [6, 6.07) is 6.13. The number of carbonyl (C=O) groups is 1. The molecule has 23 heavy (non-hydrogen) atoms. The molecule has 0 aliphatic carbocycles. The molecule has 0 N–H and O–H groups in total. The Hall–Kier alpha value is -1.75. The second kappa shape index (κ2) is 7.68. The predicted molar refractivity (Wildman–Crippen MR) is 88.6 cm³/mol. The van der Waals surface area contributed by atoms with Crippen molar-refractivity contribution in [2.45, 2.75) is 39.2 Å². The van der Waals surface area contributed by atoms with E-state index >= 15 is 0 Å². The zero-order valence-corrected chi connectivity index (χ0v) is 13.9. The largest absolute Gasteiger partial charge is 0.454 e. The minimum absolute atomic E-state index is 0.317. The van der Waals surface area contributed by atoms with Gasteiger partial charge in [0.05, 0.1) is 0 Å². The summed E-state index contributed by atoms with van der Waals surface area (Å²) >= 11 is 0. The van der Waals surface area contributed by atoms with Crippen molar-refractivity contribution in [1.82, 2.24) is 9.80 Å². The maximum Gasteiger partial charge on any atom is 0.231 e. The lowest BCUT2D eigenvalue weighted by Gasteiger charge is -2.34. The molecule has 2 heterocycles. The van der Waals surface area contributed by atoms with E-state index in [1.807, 2.05) is 11.0 Å². The van der Waals surface area contributed by atoms with Gasteiger partial charge in [-0.25, -0.2) is 0 Å². The van der Waals surface area contributed by atoms with E-state index in [-0.39, 0.29) is 0 Å². The first-order chi connectivity index (χ1) is 11.3. The molecule has 1 amide bonds. The maximum atomic E-state index is 12.1. The molecule has 2 aliphatic rings. The van der Waals surface area contributed by atoms with Gasteiger partial charge in [0.15, 0.2) is 11.5 Å². The Morgan fingerprint density at radius 1 is 1.09 bits per heavy atom. The third-order valence-electron chi connectivity index (χ3n) is 4.56. The highest BCUT2D eigenvalue weighted by Crippen LogP contribution is 2.32. The van der Waals surface area contributed by atoms with Gasteiger partial charge in [-0.05, 0) is 24.1 Å². The van der Waals surface area contributed by atoms with E-state index in [9.17, 15) is 4.79 Å². The number of benzene rings is 1. The lowest BCUT2D eigenvalue weighted by molar-refractivity contribution is -0.133. The smallest absolute Gasteiger partial charge is 0.231 e. The molecule has 0 atom stereocenters. The molecule has 0 spiro atoms. The van der Waals surface area contributed by atoms with Gasteiger partial charge in [-0.2, -0.15) is 0 Å². The number of carbonyl (C=O) groups excluding carboxylic acids is 1. The Bertz CT molecular complexity index is 539. The van der Waals surface area contributed by atoms with Gasteiger partial charge in [0.1, 0.15) is 0 Å². The van der Waals surface area contributed by atoms with Crippen LogP contribution in [0.2, 0.25) is 0 Å². The summed E-state index contributed by atoms with van der Waals surface area (Å²) in [5.74, 6) is 1.99. The van der Waals surface area contributed by atoms with Crippen molar-refractivity contribution in [3.8, 4) is 11.5 Å². The van der Waals surface area contributed by atoms with Crippen molar-refractivity contribution in [3.63, 3.8) is 0 Å². The number of rotatable bonds is 6. The van der Waals surface area contributed by atoms with Crippen molar-refractivity contribution in [1.29, 1.82) is 0 Å². The van der Waals surface area contributed by atoms with Crippen molar-refractivity contribution < 1.29 is 14.3 Å². The quantitative estimate of drug-likeness (QED) is 0.756. The lowest BCUT2D eigenvalue weighted by atomic mass is 10.1. The maximum absolute atomic E-state index is 12.1. The number of ether oxygens (including phenoxy) is 2. The summed E-state index contributed by atoms with van der Waals surface area (Å²) in [4.78, 5) is 16.6. The highest BCUT2D eigenvalue weighted by atomic mass is 16.7. The Balaban J connectivity index is 1.45. The van der Waals surface area contributed by atoms with Crippen molar-refractivity contribution in [2.75, 3.05) is 33.0 Å². The van der Waals surface area contributed by atoms with Crippen LogP contribution in [0.3, 0.4) is 0 Å². The first-order valence-electron chi connectivity index (χ1n) is 8.65. The molecular formula is C18H26N2O3. The second-order valence-corrected chi connectivity index (χ2v) is 6.30. The van der Waals surface area contributed by atoms with Crippen molar-refractivity contribution in [3.05, 3.63) is 23.8 Å². The molecule has 2 aliphatic heterocycles. The molecule has 126 valence electrons. The van der Waals surface area contributed by atoms with E-state index in [2.05, 4.69) is 24.0 Å². The molecule has 1 aromatic rings. The van der Waals surface area contributed by atoms with Gasteiger partial charge >= 0.3 is 0 Å². The van der Waals surface area contributed by atoms with Gasteiger partial charge in [0, 0.05) is 39.1 Å². The van der Waals surface area contributed by atoms with E-state index in [0.29, 0.717) is 19.1 Å². The Morgan fingerprint density at radius 2 is 1.87 bits per heavy atom. The fourth-order valence-electron chi connectivity index (χ4n) is 3.14. The molecule has 0 aromatic heterocycles. The summed E-state index contributed by atoms with van der Waals surface area (Å²) in [5.41, 5.74) is 1.23. The molecule has 1 fully saturated rings. The zero-order valence-electron chi connectivity index (χ0n) is 13.9. The molecular weight excluding hydrogens is 292 g/mol. The summed E-state index contributed by atoms with van der Waals surface area (Å²) in [6.45, 7) is 6.94. The average Bonchev–Trinajstić information content (AvgIpc) is 3.03. The molecule has 1 aromatic carbocycles. The van der Waals surface area contributed by atoms with Gasteiger partial charge in [0.25, 0.3) is 0 Å². The van der Waals surface area contributed by atoms with Crippen LogP contribution in [0, 0.1) is 0 Å². The van der Waals surface area contributed by atoms with Gasteiger partial charge in [-0.1, -0.05) is 25.8 Å². The Labute approximate surface area is 138 Å². The first-order valence-corrected chi connectivity index (χ1v) is 8.65. The number of hydrogen-bond acceptors (Lipinski definition) is 4. The molecule has 0 bridgehead atoms. The summed E-state index contributed by atoms with van der Waals surface area (Å²) < 4.78 is 10.8. The third kappa shape index (κ3) is 4.16. The van der Waals surface area contributed by atoms with E-state index in [1.54, 1.807) is 0 Å². The molecule has 0 saturated carbocycles. The fourth-order valence-corrected chi connectivity index (χ4v) is 3.14. The average molecular weight is 318 g/mol. The fraction of sp³-hybridized carbons (Fsp3) is 0.611. The van der Waals surface area contributed by atoms with E-state index in [1.165, 1.54) is 5.56 Å². The van der Waals surface area contributed by atoms with Crippen LogP contribution in [-0.4, -0.2) is 48.7 Å². The van der Waals surface area contributed by atoms with Crippen molar-refractivity contribution in [2.24, 2.45) is 0 Å². The minimum atomic E-state index is 0.317. The van der Waals surface area contributed by atoms with E-state index in [0.717, 1.165) is 63.5 Å². The van der Waals surface area contributed by atoms with Gasteiger partial charge in [-0.3, -0.25) is 9.69 Å². The van der Waals surface area contributed by atoms with Crippen LogP contribution in [0.5, 0.6) is 11.5 Å².